The molecular formula is C17H19F3N4O2. The van der Waals surface area contributed by atoms with Crippen LogP contribution in [0.1, 0.15) is 28.5 Å². The Kier molecular flexibility index (Phi) is 5.38. The van der Waals surface area contributed by atoms with E-state index in [0.29, 0.717) is 10.2 Å². The van der Waals surface area contributed by atoms with E-state index in [0.717, 1.165) is 6.20 Å². The lowest BCUT2D eigenvalue weighted by molar-refractivity contribution is -0.143. The summed E-state index contributed by atoms with van der Waals surface area (Å²) >= 11 is 0. The highest BCUT2D eigenvalue weighted by atomic mass is 19.4. The summed E-state index contributed by atoms with van der Waals surface area (Å²) in [6.45, 7) is 3.05. The van der Waals surface area contributed by atoms with Crippen LogP contribution >= 0.6 is 0 Å². The van der Waals surface area contributed by atoms with Gasteiger partial charge in [-0.2, -0.15) is 18.3 Å². The van der Waals surface area contributed by atoms with Crippen molar-refractivity contribution in [1.29, 1.82) is 0 Å². The average Bonchev–Trinajstić information content (AvgIpc) is 2.99. The van der Waals surface area contributed by atoms with Crippen molar-refractivity contribution in [2.45, 2.75) is 26.1 Å². The number of carbonyl (C=O) groups is 2. The highest BCUT2D eigenvalue weighted by Gasteiger charge is 2.41. The summed E-state index contributed by atoms with van der Waals surface area (Å²) in [6, 6.07) is 5.44. The molecule has 1 N–H and O–H groups in total. The van der Waals surface area contributed by atoms with E-state index in [-0.39, 0.29) is 5.69 Å². The number of nitrogens with one attached hydrogen (secondary N) is 1. The molecule has 2 amide bonds. The van der Waals surface area contributed by atoms with Crippen LogP contribution in [0.15, 0.2) is 30.5 Å². The van der Waals surface area contributed by atoms with Gasteiger partial charge in [0.15, 0.2) is 5.69 Å². The molecule has 0 aliphatic carbocycles. The number of halogens is 3. The third-order valence-corrected chi connectivity index (χ3v) is 3.78. The monoisotopic (exact) mass is 368 g/mol. The topological polar surface area (TPSA) is 67.2 Å². The van der Waals surface area contributed by atoms with Crippen LogP contribution in [0.25, 0.3) is 5.69 Å². The SMILES string of the molecule is Cc1ccccc1-n1ncc(C(=O)NC(C)C(=O)N(C)C)c1C(F)(F)F. The summed E-state index contributed by atoms with van der Waals surface area (Å²) in [4.78, 5) is 25.4. The zero-order chi connectivity index (χ0) is 19.6. The molecule has 1 aromatic carbocycles. The Labute approximate surface area is 148 Å². The van der Waals surface area contributed by atoms with Crippen molar-refractivity contribution in [2.75, 3.05) is 14.1 Å². The van der Waals surface area contributed by atoms with Gasteiger partial charge in [0.1, 0.15) is 6.04 Å². The molecule has 0 spiro atoms. The number of para-hydroxylation sites is 1. The van der Waals surface area contributed by atoms with Crippen LogP contribution < -0.4 is 5.32 Å². The molecule has 0 radical (unpaired) electrons. The number of rotatable bonds is 4. The van der Waals surface area contributed by atoms with E-state index in [1.54, 1.807) is 25.1 Å². The van der Waals surface area contributed by atoms with Crippen molar-refractivity contribution in [1.82, 2.24) is 20.0 Å². The maximum Gasteiger partial charge on any atom is 0.434 e. The number of hydrogen-bond donors (Lipinski definition) is 1. The van der Waals surface area contributed by atoms with Gasteiger partial charge in [-0.05, 0) is 25.5 Å². The Morgan fingerprint density at radius 2 is 1.85 bits per heavy atom. The number of benzene rings is 1. The molecule has 0 fully saturated rings. The first-order valence-corrected chi connectivity index (χ1v) is 7.77. The molecule has 0 aliphatic rings. The Hall–Kier alpha value is -2.84. The summed E-state index contributed by atoms with van der Waals surface area (Å²) in [7, 11) is 2.98. The third kappa shape index (κ3) is 3.87. The molecule has 1 heterocycles. The van der Waals surface area contributed by atoms with Gasteiger partial charge < -0.3 is 10.2 Å². The largest absolute Gasteiger partial charge is 0.434 e. The molecule has 0 bridgehead atoms. The van der Waals surface area contributed by atoms with Crippen LogP contribution in [0, 0.1) is 6.92 Å². The van der Waals surface area contributed by atoms with Crippen molar-refractivity contribution in [3.63, 3.8) is 0 Å². The summed E-state index contributed by atoms with van der Waals surface area (Å²) in [5.74, 6) is -1.45. The summed E-state index contributed by atoms with van der Waals surface area (Å²) < 4.78 is 41.6. The second-order valence-corrected chi connectivity index (χ2v) is 6.03. The van der Waals surface area contributed by atoms with Gasteiger partial charge >= 0.3 is 6.18 Å². The molecular weight excluding hydrogens is 349 g/mol. The second-order valence-electron chi connectivity index (χ2n) is 6.03. The number of amides is 2. The van der Waals surface area contributed by atoms with Crippen LogP contribution in [0.5, 0.6) is 0 Å². The Morgan fingerprint density at radius 3 is 2.38 bits per heavy atom. The Balaban J connectivity index is 2.46. The van der Waals surface area contributed by atoms with Gasteiger partial charge in [-0.25, -0.2) is 4.68 Å². The summed E-state index contributed by atoms with van der Waals surface area (Å²) in [6.07, 6.45) is -3.95. The lowest BCUT2D eigenvalue weighted by Gasteiger charge is -2.18. The molecule has 2 rings (SSSR count). The molecule has 0 saturated heterocycles. The molecule has 0 aliphatic heterocycles. The second kappa shape index (κ2) is 7.19. The predicted molar refractivity (Wildman–Crippen MR) is 88.9 cm³/mol. The Morgan fingerprint density at radius 1 is 1.23 bits per heavy atom. The van der Waals surface area contributed by atoms with Crippen molar-refractivity contribution in [2.24, 2.45) is 0 Å². The highest BCUT2D eigenvalue weighted by molar-refractivity contribution is 5.98. The first-order valence-electron chi connectivity index (χ1n) is 7.77. The lowest BCUT2D eigenvalue weighted by Crippen LogP contribution is -2.44. The molecule has 26 heavy (non-hydrogen) atoms. The van der Waals surface area contributed by atoms with Gasteiger partial charge in [-0.15, -0.1) is 0 Å². The van der Waals surface area contributed by atoms with E-state index in [9.17, 15) is 22.8 Å². The van der Waals surface area contributed by atoms with E-state index in [1.165, 1.54) is 32.0 Å². The fraction of sp³-hybridized carbons (Fsp3) is 0.353. The van der Waals surface area contributed by atoms with E-state index >= 15 is 0 Å². The molecule has 2 aromatic rings. The van der Waals surface area contributed by atoms with Crippen LogP contribution in [0.4, 0.5) is 13.2 Å². The summed E-state index contributed by atoms with van der Waals surface area (Å²) in [5, 5.41) is 6.05. The van der Waals surface area contributed by atoms with Gasteiger partial charge in [0, 0.05) is 14.1 Å². The van der Waals surface area contributed by atoms with E-state index in [2.05, 4.69) is 10.4 Å². The van der Waals surface area contributed by atoms with Crippen molar-refractivity contribution in [3.05, 3.63) is 47.3 Å². The van der Waals surface area contributed by atoms with Crippen LogP contribution in [-0.4, -0.2) is 46.6 Å². The molecule has 9 heteroatoms. The first kappa shape index (κ1) is 19.5. The minimum Gasteiger partial charge on any atom is -0.347 e. The molecule has 6 nitrogen and oxygen atoms in total. The molecule has 0 saturated carbocycles. The van der Waals surface area contributed by atoms with Crippen molar-refractivity contribution in [3.8, 4) is 5.69 Å². The van der Waals surface area contributed by atoms with Gasteiger partial charge in [-0.1, -0.05) is 18.2 Å². The highest BCUT2D eigenvalue weighted by Crippen LogP contribution is 2.34. The predicted octanol–water partition coefficient (Wildman–Crippen LogP) is 2.41. The number of likely N-dealkylation sites (N-methyl/N-ethyl adjacent to an activating group) is 1. The van der Waals surface area contributed by atoms with Gasteiger partial charge in [0.25, 0.3) is 5.91 Å². The third-order valence-electron chi connectivity index (χ3n) is 3.78. The van der Waals surface area contributed by atoms with Gasteiger partial charge in [0.05, 0.1) is 17.4 Å². The number of nitrogens with zero attached hydrogens (tertiary/aromatic N) is 3. The number of alkyl halides is 3. The maximum atomic E-state index is 13.6. The van der Waals surface area contributed by atoms with E-state index in [1.807, 2.05) is 0 Å². The summed E-state index contributed by atoms with van der Waals surface area (Å²) in [5.41, 5.74) is -1.03. The normalized spacial score (nSPS) is 12.6. The quantitative estimate of drug-likeness (QED) is 0.901. The number of aromatic nitrogens is 2. The van der Waals surface area contributed by atoms with Crippen LogP contribution in [0.3, 0.4) is 0 Å². The first-order chi connectivity index (χ1) is 12.0. The van der Waals surface area contributed by atoms with Crippen LogP contribution in [-0.2, 0) is 11.0 Å². The van der Waals surface area contributed by atoms with E-state index < -0.39 is 35.3 Å². The molecule has 1 unspecified atom stereocenters. The van der Waals surface area contributed by atoms with Crippen molar-refractivity contribution >= 4 is 11.8 Å². The fourth-order valence-electron chi connectivity index (χ4n) is 2.49. The standard InChI is InChI=1S/C17H19F3N4O2/c1-10-7-5-6-8-13(10)24-14(17(18,19)20)12(9-21-24)15(25)22-11(2)16(26)23(3)4/h5-9,11H,1-4H3,(H,22,25). The van der Waals surface area contributed by atoms with Crippen molar-refractivity contribution < 1.29 is 22.8 Å². The molecule has 140 valence electrons. The average molecular weight is 368 g/mol. The van der Waals surface area contributed by atoms with E-state index in [4.69, 9.17) is 0 Å². The lowest BCUT2D eigenvalue weighted by atomic mass is 10.1. The van der Waals surface area contributed by atoms with Gasteiger partial charge in [0.2, 0.25) is 5.91 Å². The van der Waals surface area contributed by atoms with Crippen LogP contribution in [0.2, 0.25) is 0 Å². The smallest absolute Gasteiger partial charge is 0.347 e. The number of carbonyl (C=O) groups excluding carboxylic acids is 2. The Bertz CT molecular complexity index is 828. The molecule has 1 aromatic heterocycles. The number of aryl methyl sites for hydroxylation is 1. The minimum atomic E-state index is -4.81. The fourth-order valence-corrected chi connectivity index (χ4v) is 2.49. The zero-order valence-corrected chi connectivity index (χ0v) is 14.8. The maximum absolute atomic E-state index is 13.6. The zero-order valence-electron chi connectivity index (χ0n) is 14.8. The molecule has 1 atom stereocenters. The minimum absolute atomic E-state index is 0.219. The van der Waals surface area contributed by atoms with Gasteiger partial charge in [-0.3, -0.25) is 9.59 Å². The number of hydrogen-bond acceptors (Lipinski definition) is 3.